The zero-order valence-electron chi connectivity index (χ0n) is 10.6. The summed E-state index contributed by atoms with van der Waals surface area (Å²) < 4.78 is 6.53. The van der Waals surface area contributed by atoms with Gasteiger partial charge >= 0.3 is 5.97 Å². The molecule has 98 valence electrons. The highest BCUT2D eigenvalue weighted by molar-refractivity contribution is 5.92. The van der Waals surface area contributed by atoms with Gasteiger partial charge in [0.1, 0.15) is 0 Å². The van der Waals surface area contributed by atoms with Gasteiger partial charge in [0.25, 0.3) is 0 Å². The SMILES string of the molecule is C=C(C)C(=O)NCCn1cnc(C(=O)OCC)c1. The van der Waals surface area contributed by atoms with Crippen LogP contribution in [-0.4, -0.2) is 34.6 Å². The Balaban J connectivity index is 2.42. The molecule has 0 saturated heterocycles. The Hall–Kier alpha value is -2.11. The Bertz CT molecular complexity index is 451. The molecule has 1 aromatic heterocycles. The molecule has 0 spiro atoms. The number of nitrogens with one attached hydrogen (secondary N) is 1. The van der Waals surface area contributed by atoms with E-state index in [-0.39, 0.29) is 11.6 Å². The van der Waals surface area contributed by atoms with Gasteiger partial charge in [0.05, 0.1) is 12.9 Å². The third-order valence-corrected chi connectivity index (χ3v) is 2.16. The van der Waals surface area contributed by atoms with E-state index in [4.69, 9.17) is 4.74 Å². The van der Waals surface area contributed by atoms with Gasteiger partial charge in [-0.15, -0.1) is 0 Å². The van der Waals surface area contributed by atoms with E-state index in [9.17, 15) is 9.59 Å². The van der Waals surface area contributed by atoms with Crippen LogP contribution in [0.4, 0.5) is 0 Å². The summed E-state index contributed by atoms with van der Waals surface area (Å²) in [4.78, 5) is 26.5. The molecule has 0 aliphatic rings. The zero-order valence-corrected chi connectivity index (χ0v) is 10.6. The standard InChI is InChI=1S/C12H17N3O3/c1-4-18-12(17)10-7-15(8-14-10)6-5-13-11(16)9(2)3/h7-8H,2,4-6H2,1,3H3,(H,13,16). The molecule has 18 heavy (non-hydrogen) atoms. The lowest BCUT2D eigenvalue weighted by molar-refractivity contribution is -0.117. The maximum Gasteiger partial charge on any atom is 0.358 e. The Morgan fingerprint density at radius 1 is 1.56 bits per heavy atom. The van der Waals surface area contributed by atoms with Crippen LogP contribution in [0.3, 0.4) is 0 Å². The van der Waals surface area contributed by atoms with Gasteiger partial charge in [0, 0.05) is 24.9 Å². The molecule has 0 radical (unpaired) electrons. The van der Waals surface area contributed by atoms with Gasteiger partial charge in [-0.3, -0.25) is 4.79 Å². The number of carbonyl (C=O) groups excluding carboxylic acids is 2. The summed E-state index contributed by atoms with van der Waals surface area (Å²) in [6, 6.07) is 0. The van der Waals surface area contributed by atoms with Crippen molar-refractivity contribution in [2.75, 3.05) is 13.2 Å². The van der Waals surface area contributed by atoms with Gasteiger partial charge in [-0.25, -0.2) is 9.78 Å². The highest BCUT2D eigenvalue weighted by atomic mass is 16.5. The highest BCUT2D eigenvalue weighted by Crippen LogP contribution is 1.98. The fourth-order valence-corrected chi connectivity index (χ4v) is 1.24. The minimum absolute atomic E-state index is 0.180. The number of imidazole rings is 1. The minimum atomic E-state index is -0.442. The van der Waals surface area contributed by atoms with E-state index in [1.165, 1.54) is 6.33 Å². The van der Waals surface area contributed by atoms with Gasteiger partial charge in [0.2, 0.25) is 5.91 Å². The van der Waals surface area contributed by atoms with Crippen molar-refractivity contribution in [2.24, 2.45) is 0 Å². The van der Waals surface area contributed by atoms with Gasteiger partial charge in [-0.05, 0) is 13.8 Å². The average molecular weight is 251 g/mol. The van der Waals surface area contributed by atoms with Crippen molar-refractivity contribution in [1.82, 2.24) is 14.9 Å². The van der Waals surface area contributed by atoms with E-state index in [0.717, 1.165) is 0 Å². The molecule has 0 aliphatic carbocycles. The lowest BCUT2D eigenvalue weighted by Gasteiger charge is -2.04. The van der Waals surface area contributed by atoms with Crippen molar-refractivity contribution in [2.45, 2.75) is 20.4 Å². The van der Waals surface area contributed by atoms with Crippen molar-refractivity contribution in [3.05, 3.63) is 30.4 Å². The number of aromatic nitrogens is 2. The van der Waals surface area contributed by atoms with E-state index in [1.807, 2.05) is 0 Å². The van der Waals surface area contributed by atoms with E-state index >= 15 is 0 Å². The molecule has 0 saturated carbocycles. The van der Waals surface area contributed by atoms with Crippen LogP contribution in [0.15, 0.2) is 24.7 Å². The smallest absolute Gasteiger partial charge is 0.358 e. The second-order valence-electron chi connectivity index (χ2n) is 3.75. The van der Waals surface area contributed by atoms with E-state index in [0.29, 0.717) is 25.3 Å². The largest absolute Gasteiger partial charge is 0.461 e. The summed E-state index contributed by atoms with van der Waals surface area (Å²) >= 11 is 0. The Labute approximate surface area is 106 Å². The zero-order chi connectivity index (χ0) is 13.5. The van der Waals surface area contributed by atoms with E-state index < -0.39 is 5.97 Å². The lowest BCUT2D eigenvalue weighted by Crippen LogP contribution is -2.27. The molecule has 6 nitrogen and oxygen atoms in total. The van der Waals surface area contributed by atoms with Crippen molar-refractivity contribution in [3.63, 3.8) is 0 Å². The molecule has 1 amide bonds. The fraction of sp³-hybridized carbons (Fsp3) is 0.417. The van der Waals surface area contributed by atoms with Crippen LogP contribution >= 0.6 is 0 Å². The van der Waals surface area contributed by atoms with E-state index in [2.05, 4.69) is 16.9 Å². The number of ether oxygens (including phenoxy) is 1. The first-order valence-corrected chi connectivity index (χ1v) is 5.67. The van der Waals surface area contributed by atoms with Crippen molar-refractivity contribution in [1.29, 1.82) is 0 Å². The molecule has 0 aromatic carbocycles. The molecular formula is C12H17N3O3. The van der Waals surface area contributed by atoms with Crippen LogP contribution in [0.2, 0.25) is 0 Å². The Morgan fingerprint density at radius 3 is 2.89 bits per heavy atom. The maximum atomic E-state index is 11.3. The predicted molar refractivity (Wildman–Crippen MR) is 66.0 cm³/mol. The first kappa shape index (κ1) is 14.0. The summed E-state index contributed by atoms with van der Waals surface area (Å²) in [5, 5.41) is 2.69. The van der Waals surface area contributed by atoms with Crippen LogP contribution in [0.25, 0.3) is 0 Å². The molecule has 0 unspecified atom stereocenters. The second kappa shape index (κ2) is 6.58. The molecule has 0 aliphatic heterocycles. The number of amides is 1. The van der Waals surface area contributed by atoms with E-state index in [1.54, 1.807) is 24.6 Å². The monoisotopic (exact) mass is 251 g/mol. The summed E-state index contributed by atoms with van der Waals surface area (Å²) in [5.74, 6) is -0.622. The molecule has 1 heterocycles. The summed E-state index contributed by atoms with van der Waals surface area (Å²) in [7, 11) is 0. The molecular weight excluding hydrogens is 234 g/mol. The summed E-state index contributed by atoms with van der Waals surface area (Å²) in [6.45, 7) is 8.22. The number of rotatable bonds is 6. The van der Waals surface area contributed by atoms with Gasteiger partial charge in [-0.2, -0.15) is 0 Å². The third-order valence-electron chi connectivity index (χ3n) is 2.16. The van der Waals surface area contributed by atoms with Crippen molar-refractivity contribution in [3.8, 4) is 0 Å². The van der Waals surface area contributed by atoms with Gasteiger partial charge in [-0.1, -0.05) is 6.58 Å². The number of hydrogen-bond acceptors (Lipinski definition) is 4. The first-order valence-electron chi connectivity index (χ1n) is 5.67. The molecule has 1 N–H and O–H groups in total. The molecule has 0 fully saturated rings. The number of hydrogen-bond donors (Lipinski definition) is 1. The summed E-state index contributed by atoms with van der Waals surface area (Å²) in [6.07, 6.45) is 3.12. The molecule has 1 rings (SSSR count). The van der Waals surface area contributed by atoms with Crippen molar-refractivity contribution >= 4 is 11.9 Å². The number of esters is 1. The van der Waals surface area contributed by atoms with Gasteiger partial charge in [0.15, 0.2) is 5.69 Å². The topological polar surface area (TPSA) is 73.2 Å². The third kappa shape index (κ3) is 4.04. The quantitative estimate of drug-likeness (QED) is 0.598. The van der Waals surface area contributed by atoms with Gasteiger partial charge < -0.3 is 14.6 Å². The van der Waals surface area contributed by atoms with Crippen LogP contribution in [0.1, 0.15) is 24.3 Å². The number of carbonyl (C=O) groups is 2. The predicted octanol–water partition coefficient (Wildman–Crippen LogP) is 0.752. The first-order chi connectivity index (χ1) is 8.54. The second-order valence-corrected chi connectivity index (χ2v) is 3.75. The van der Waals surface area contributed by atoms with Crippen LogP contribution in [0, 0.1) is 0 Å². The Kier molecular flexibility index (Phi) is 5.10. The molecule has 0 atom stereocenters. The molecule has 0 bridgehead atoms. The van der Waals surface area contributed by atoms with Crippen molar-refractivity contribution < 1.29 is 14.3 Å². The summed E-state index contributed by atoms with van der Waals surface area (Å²) in [5.41, 5.74) is 0.732. The number of nitrogens with zero attached hydrogens (tertiary/aromatic N) is 2. The van der Waals surface area contributed by atoms with Crippen LogP contribution < -0.4 is 5.32 Å². The van der Waals surface area contributed by atoms with Crippen LogP contribution in [-0.2, 0) is 16.1 Å². The lowest BCUT2D eigenvalue weighted by atomic mass is 10.3. The maximum absolute atomic E-state index is 11.3. The molecule has 1 aromatic rings. The molecule has 6 heteroatoms. The highest BCUT2D eigenvalue weighted by Gasteiger charge is 2.09. The minimum Gasteiger partial charge on any atom is -0.461 e. The Morgan fingerprint density at radius 2 is 2.28 bits per heavy atom. The normalized spacial score (nSPS) is 9.89. The fourth-order valence-electron chi connectivity index (χ4n) is 1.24. The average Bonchev–Trinajstić information content (AvgIpc) is 2.78. The van der Waals surface area contributed by atoms with Crippen LogP contribution in [0.5, 0.6) is 0 Å².